The van der Waals surface area contributed by atoms with E-state index in [0.29, 0.717) is 6.42 Å². The van der Waals surface area contributed by atoms with Gasteiger partial charge >= 0.3 is 6.03 Å². The van der Waals surface area contributed by atoms with E-state index < -0.39 is 0 Å². The molecule has 1 aromatic carbocycles. The number of anilines is 1. The van der Waals surface area contributed by atoms with E-state index in [2.05, 4.69) is 11.4 Å². The molecule has 0 radical (unpaired) electrons. The molecule has 5 nitrogen and oxygen atoms in total. The first-order chi connectivity index (χ1) is 12.0. The van der Waals surface area contributed by atoms with Crippen molar-refractivity contribution in [3.63, 3.8) is 0 Å². The lowest BCUT2D eigenvalue weighted by molar-refractivity contribution is -0.127. The summed E-state index contributed by atoms with van der Waals surface area (Å²) in [6, 6.07) is 6.34. The minimum Gasteiger partial charge on any atom is -0.343 e. The summed E-state index contributed by atoms with van der Waals surface area (Å²) < 4.78 is 0. The smallest absolute Gasteiger partial charge is 0.322 e. The molecule has 2 aliphatic rings. The van der Waals surface area contributed by atoms with Crippen LogP contribution in [-0.2, 0) is 4.79 Å². The molecule has 1 unspecified atom stereocenters. The first-order valence-corrected chi connectivity index (χ1v) is 9.47. The van der Waals surface area contributed by atoms with Crippen LogP contribution in [0.25, 0.3) is 0 Å². The summed E-state index contributed by atoms with van der Waals surface area (Å²) in [7, 11) is 0. The molecule has 25 heavy (non-hydrogen) atoms. The molecule has 0 aliphatic carbocycles. The third-order valence-electron chi connectivity index (χ3n) is 5.43. The van der Waals surface area contributed by atoms with E-state index in [4.69, 9.17) is 0 Å². The van der Waals surface area contributed by atoms with Crippen LogP contribution < -0.4 is 5.32 Å². The zero-order valence-corrected chi connectivity index (χ0v) is 15.4. The Labute approximate surface area is 150 Å². The van der Waals surface area contributed by atoms with Crippen LogP contribution in [0.5, 0.6) is 0 Å². The number of rotatable bonds is 4. The van der Waals surface area contributed by atoms with Crippen molar-refractivity contribution in [2.45, 2.75) is 58.4 Å². The van der Waals surface area contributed by atoms with Gasteiger partial charge in [-0.15, -0.1) is 0 Å². The van der Waals surface area contributed by atoms with Gasteiger partial charge < -0.3 is 15.1 Å². The highest BCUT2D eigenvalue weighted by Crippen LogP contribution is 2.23. The highest BCUT2D eigenvalue weighted by atomic mass is 16.2. The van der Waals surface area contributed by atoms with Crippen molar-refractivity contribution in [2.24, 2.45) is 0 Å². The zero-order chi connectivity index (χ0) is 17.8. The second kappa shape index (κ2) is 7.89. The number of likely N-dealkylation sites (tertiary alicyclic amines) is 2. The van der Waals surface area contributed by atoms with Crippen molar-refractivity contribution in [3.05, 3.63) is 29.3 Å². The van der Waals surface area contributed by atoms with Gasteiger partial charge in [0.2, 0.25) is 5.91 Å². The maximum atomic E-state index is 12.8. The van der Waals surface area contributed by atoms with Crippen LogP contribution in [0.3, 0.4) is 0 Å². The first-order valence-electron chi connectivity index (χ1n) is 9.47. The van der Waals surface area contributed by atoms with Gasteiger partial charge in [0.25, 0.3) is 0 Å². The van der Waals surface area contributed by atoms with E-state index in [1.54, 1.807) is 0 Å². The molecule has 1 atom stereocenters. The molecule has 0 bridgehead atoms. The second-order valence-corrected chi connectivity index (χ2v) is 7.36. The van der Waals surface area contributed by atoms with E-state index in [9.17, 15) is 9.59 Å². The summed E-state index contributed by atoms with van der Waals surface area (Å²) >= 11 is 0. The number of nitrogens with one attached hydrogen (secondary N) is 1. The Kier molecular flexibility index (Phi) is 5.61. The van der Waals surface area contributed by atoms with Crippen LogP contribution in [0.2, 0.25) is 0 Å². The lowest BCUT2D eigenvalue weighted by Crippen LogP contribution is -2.47. The van der Waals surface area contributed by atoms with Crippen LogP contribution in [-0.4, -0.2) is 47.4 Å². The van der Waals surface area contributed by atoms with Crippen LogP contribution in [0.4, 0.5) is 10.5 Å². The number of aryl methyl sites for hydroxylation is 2. The number of amides is 3. The molecule has 2 heterocycles. The van der Waals surface area contributed by atoms with Gasteiger partial charge in [0.05, 0.1) is 0 Å². The van der Waals surface area contributed by atoms with Crippen LogP contribution in [0, 0.1) is 13.8 Å². The summed E-state index contributed by atoms with van der Waals surface area (Å²) in [4.78, 5) is 28.6. The largest absolute Gasteiger partial charge is 0.343 e. The Bertz CT molecular complexity index is 644. The van der Waals surface area contributed by atoms with Gasteiger partial charge in [0, 0.05) is 37.8 Å². The number of carbonyl (C=O) groups is 2. The average Bonchev–Trinajstić information content (AvgIpc) is 3.01. The Balaban J connectivity index is 1.62. The van der Waals surface area contributed by atoms with Gasteiger partial charge in [-0.3, -0.25) is 4.79 Å². The average molecular weight is 343 g/mol. The molecule has 0 spiro atoms. The van der Waals surface area contributed by atoms with Crippen LogP contribution in [0.1, 0.15) is 49.7 Å². The van der Waals surface area contributed by atoms with Crippen molar-refractivity contribution in [2.75, 3.05) is 25.0 Å². The topological polar surface area (TPSA) is 52.7 Å². The molecule has 5 heteroatoms. The molecule has 1 aromatic rings. The predicted octanol–water partition coefficient (Wildman–Crippen LogP) is 3.70. The van der Waals surface area contributed by atoms with Crippen molar-refractivity contribution in [3.8, 4) is 0 Å². The molecule has 1 N–H and O–H groups in total. The zero-order valence-electron chi connectivity index (χ0n) is 15.4. The van der Waals surface area contributed by atoms with Crippen LogP contribution >= 0.6 is 0 Å². The molecule has 3 amide bonds. The fraction of sp³-hybridized carbons (Fsp3) is 0.600. The van der Waals surface area contributed by atoms with Gasteiger partial charge in [-0.1, -0.05) is 12.1 Å². The number of urea groups is 1. The summed E-state index contributed by atoms with van der Waals surface area (Å²) in [5.74, 6) is 0.266. The van der Waals surface area contributed by atoms with Crippen molar-refractivity contribution >= 4 is 17.6 Å². The lowest BCUT2D eigenvalue weighted by atomic mass is 9.99. The fourth-order valence-electron chi connectivity index (χ4n) is 3.87. The summed E-state index contributed by atoms with van der Waals surface area (Å²) in [6.45, 7) is 6.50. The first kappa shape index (κ1) is 17.8. The summed E-state index contributed by atoms with van der Waals surface area (Å²) in [5.41, 5.74) is 3.11. The molecular formula is C20H29N3O2. The van der Waals surface area contributed by atoms with Gasteiger partial charge in [-0.2, -0.15) is 0 Å². The SMILES string of the molecule is Cc1ccc(C)c(NC(=O)N2CCCCC2CCN2CCCC2=O)c1. The number of piperidine rings is 1. The third-order valence-corrected chi connectivity index (χ3v) is 5.43. The maximum Gasteiger partial charge on any atom is 0.322 e. The summed E-state index contributed by atoms with van der Waals surface area (Å²) in [6.07, 6.45) is 5.78. The van der Waals surface area contributed by atoms with Crippen molar-refractivity contribution in [1.82, 2.24) is 9.80 Å². The van der Waals surface area contributed by atoms with E-state index in [-0.39, 0.29) is 18.0 Å². The van der Waals surface area contributed by atoms with Gasteiger partial charge in [-0.25, -0.2) is 4.79 Å². The van der Waals surface area contributed by atoms with Gasteiger partial charge in [-0.05, 0) is 63.1 Å². The van der Waals surface area contributed by atoms with E-state index in [1.807, 2.05) is 35.8 Å². The molecular weight excluding hydrogens is 314 g/mol. The lowest BCUT2D eigenvalue weighted by Gasteiger charge is -2.36. The van der Waals surface area contributed by atoms with E-state index >= 15 is 0 Å². The predicted molar refractivity (Wildman–Crippen MR) is 99.7 cm³/mol. The Morgan fingerprint density at radius 1 is 1.20 bits per heavy atom. The number of benzene rings is 1. The second-order valence-electron chi connectivity index (χ2n) is 7.36. The normalized spacial score (nSPS) is 20.9. The molecule has 2 fully saturated rings. The monoisotopic (exact) mass is 343 g/mol. The minimum absolute atomic E-state index is 0.00820. The van der Waals surface area contributed by atoms with E-state index in [1.165, 1.54) is 0 Å². The minimum atomic E-state index is -0.00820. The number of nitrogens with zero attached hydrogens (tertiary/aromatic N) is 2. The molecule has 0 saturated carbocycles. The Morgan fingerprint density at radius 3 is 2.80 bits per heavy atom. The summed E-state index contributed by atoms with van der Waals surface area (Å²) in [5, 5.41) is 3.09. The third kappa shape index (κ3) is 4.33. The van der Waals surface area contributed by atoms with Gasteiger partial charge in [0.1, 0.15) is 0 Å². The standard InChI is InChI=1S/C20H29N3O2/c1-15-8-9-16(2)18(14-15)21-20(25)23-12-4-3-6-17(23)10-13-22-11-5-7-19(22)24/h8-9,14,17H,3-7,10-13H2,1-2H3,(H,21,25). The highest BCUT2D eigenvalue weighted by Gasteiger charge is 2.28. The Morgan fingerprint density at radius 2 is 2.04 bits per heavy atom. The molecule has 3 rings (SSSR count). The maximum absolute atomic E-state index is 12.8. The molecule has 0 aromatic heterocycles. The number of carbonyl (C=O) groups excluding carboxylic acids is 2. The quantitative estimate of drug-likeness (QED) is 0.906. The van der Waals surface area contributed by atoms with Crippen molar-refractivity contribution in [1.29, 1.82) is 0 Å². The van der Waals surface area contributed by atoms with Crippen LogP contribution in [0.15, 0.2) is 18.2 Å². The van der Waals surface area contributed by atoms with Gasteiger partial charge in [0.15, 0.2) is 0 Å². The molecule has 136 valence electrons. The molecule has 2 aliphatic heterocycles. The molecule has 2 saturated heterocycles. The van der Waals surface area contributed by atoms with E-state index in [0.717, 1.165) is 68.6 Å². The Hall–Kier alpha value is -2.04. The number of hydrogen-bond donors (Lipinski definition) is 1. The highest BCUT2D eigenvalue weighted by molar-refractivity contribution is 5.90. The fourth-order valence-corrected chi connectivity index (χ4v) is 3.87. The van der Waals surface area contributed by atoms with Crippen molar-refractivity contribution < 1.29 is 9.59 Å². The number of hydrogen-bond acceptors (Lipinski definition) is 2.